The third-order valence-corrected chi connectivity index (χ3v) is 3.27. The summed E-state index contributed by atoms with van der Waals surface area (Å²) in [6.07, 6.45) is 5.01. The Balaban J connectivity index is 1.94. The summed E-state index contributed by atoms with van der Waals surface area (Å²) in [6.45, 7) is 0. The maximum Gasteiger partial charge on any atom is 0.224 e. The van der Waals surface area contributed by atoms with Crippen LogP contribution in [0.3, 0.4) is 0 Å². The second kappa shape index (κ2) is 6.00. The van der Waals surface area contributed by atoms with E-state index in [1.54, 1.807) is 6.20 Å². The van der Waals surface area contributed by atoms with Gasteiger partial charge < -0.3 is 9.88 Å². The largest absolute Gasteiger partial charge is 0.338 e. The van der Waals surface area contributed by atoms with Gasteiger partial charge in [0, 0.05) is 30.7 Å². The van der Waals surface area contributed by atoms with E-state index in [-0.39, 0.29) is 5.28 Å². The zero-order valence-corrected chi connectivity index (χ0v) is 12.4. The lowest BCUT2D eigenvalue weighted by Crippen LogP contribution is -2.02. The number of aryl methyl sites for hydroxylation is 1. The fourth-order valence-electron chi connectivity index (χ4n) is 2.05. The van der Waals surface area contributed by atoms with E-state index >= 15 is 0 Å². The average Bonchev–Trinajstić information content (AvgIpc) is 2.94. The van der Waals surface area contributed by atoms with Gasteiger partial charge in [-0.1, -0.05) is 12.1 Å². The Morgan fingerprint density at radius 1 is 1.27 bits per heavy atom. The molecule has 8 heteroatoms. The van der Waals surface area contributed by atoms with Gasteiger partial charge in [0.15, 0.2) is 5.82 Å². The molecule has 3 aromatic rings. The number of hydrogen-bond acceptors (Lipinski definition) is 6. The number of anilines is 3. The lowest BCUT2D eigenvalue weighted by molar-refractivity contribution is 0.388. The molecule has 0 aliphatic heterocycles. The monoisotopic (exact) mass is 316 g/mol. The summed E-state index contributed by atoms with van der Waals surface area (Å²) in [5.74, 6) is 1.23. The molecule has 2 heterocycles. The minimum atomic E-state index is 0.0850. The van der Waals surface area contributed by atoms with Crippen LogP contribution in [0.25, 0.3) is 11.4 Å². The molecule has 0 fully saturated rings. The highest BCUT2D eigenvalue weighted by Crippen LogP contribution is 2.26. The molecule has 3 N–H and O–H groups in total. The fraction of sp³-hybridized carbons (Fsp3) is 0.0714. The van der Waals surface area contributed by atoms with Gasteiger partial charge in [-0.05, 0) is 23.7 Å². The van der Waals surface area contributed by atoms with E-state index in [2.05, 4.69) is 20.3 Å². The summed E-state index contributed by atoms with van der Waals surface area (Å²) in [6, 6.07) is 7.68. The Bertz CT molecular complexity index is 804. The molecule has 7 nitrogen and oxygen atoms in total. The zero-order valence-electron chi connectivity index (χ0n) is 11.7. The molecule has 22 heavy (non-hydrogen) atoms. The Labute approximate surface area is 131 Å². The highest BCUT2D eigenvalue weighted by molar-refractivity contribution is 6.28. The van der Waals surface area contributed by atoms with Gasteiger partial charge in [0.25, 0.3) is 0 Å². The molecule has 0 bridgehead atoms. The minimum Gasteiger partial charge on any atom is -0.338 e. The van der Waals surface area contributed by atoms with E-state index in [0.717, 1.165) is 17.1 Å². The van der Waals surface area contributed by atoms with E-state index in [1.165, 1.54) is 6.20 Å². The van der Waals surface area contributed by atoms with E-state index < -0.39 is 0 Å². The number of hydrogen-bond donors (Lipinski definition) is 3. The summed E-state index contributed by atoms with van der Waals surface area (Å²) < 4.78 is 1.93. The van der Waals surface area contributed by atoms with Gasteiger partial charge in [-0.25, -0.2) is 9.97 Å². The second-order valence-electron chi connectivity index (χ2n) is 4.58. The number of rotatable bonds is 4. The SMILES string of the molecule is Cn1ccnc1-c1cccc(Nc2nc(Cl)ncc2NO)c1. The number of nitrogens with zero attached hydrogens (tertiary/aromatic N) is 4. The number of nitrogens with one attached hydrogen (secondary N) is 2. The first kappa shape index (κ1) is 14.3. The normalized spacial score (nSPS) is 10.5. The van der Waals surface area contributed by atoms with Crippen LogP contribution in [0.1, 0.15) is 0 Å². The molecule has 2 aromatic heterocycles. The van der Waals surface area contributed by atoms with Gasteiger partial charge in [-0.2, -0.15) is 4.98 Å². The van der Waals surface area contributed by atoms with Crippen LogP contribution in [0.2, 0.25) is 5.28 Å². The van der Waals surface area contributed by atoms with Crippen molar-refractivity contribution in [2.75, 3.05) is 10.8 Å². The molecule has 0 aliphatic rings. The minimum absolute atomic E-state index is 0.0850. The third-order valence-electron chi connectivity index (χ3n) is 3.08. The lowest BCUT2D eigenvalue weighted by atomic mass is 10.2. The smallest absolute Gasteiger partial charge is 0.224 e. The average molecular weight is 317 g/mol. The Morgan fingerprint density at radius 3 is 2.86 bits per heavy atom. The number of benzene rings is 1. The molecule has 112 valence electrons. The maximum atomic E-state index is 9.10. The van der Waals surface area contributed by atoms with Gasteiger partial charge in [0.1, 0.15) is 11.5 Å². The Morgan fingerprint density at radius 2 is 2.14 bits per heavy atom. The molecular formula is C14H13ClN6O. The predicted octanol–water partition coefficient (Wildman–Crippen LogP) is 3.08. The Hall–Kier alpha value is -2.64. The Kier molecular flexibility index (Phi) is 3.90. The predicted molar refractivity (Wildman–Crippen MR) is 84.4 cm³/mol. The van der Waals surface area contributed by atoms with Crippen LogP contribution >= 0.6 is 11.6 Å². The van der Waals surface area contributed by atoms with Gasteiger partial charge >= 0.3 is 0 Å². The van der Waals surface area contributed by atoms with Crippen molar-refractivity contribution in [1.29, 1.82) is 0 Å². The van der Waals surface area contributed by atoms with Crippen LogP contribution in [0.4, 0.5) is 17.2 Å². The standard InChI is InChI=1S/C14H13ClN6O/c1-21-6-5-16-13(21)9-3-2-4-10(7-9)18-12-11(20-22)8-17-14(15)19-12/h2-8,20,22H,1H3,(H,17,18,19). The molecule has 0 spiro atoms. The summed E-state index contributed by atoms with van der Waals surface area (Å²) in [5.41, 5.74) is 4.10. The maximum absolute atomic E-state index is 9.10. The summed E-state index contributed by atoms with van der Waals surface area (Å²) in [4.78, 5) is 12.2. The topological polar surface area (TPSA) is 87.9 Å². The van der Waals surface area contributed by atoms with Crippen LogP contribution < -0.4 is 10.8 Å². The van der Waals surface area contributed by atoms with Gasteiger partial charge in [0.05, 0.1) is 6.20 Å². The van der Waals surface area contributed by atoms with Crippen LogP contribution in [0.15, 0.2) is 42.9 Å². The second-order valence-corrected chi connectivity index (χ2v) is 4.92. The van der Waals surface area contributed by atoms with Gasteiger partial charge in [-0.15, -0.1) is 0 Å². The molecule has 0 aliphatic carbocycles. The van der Waals surface area contributed by atoms with Crippen LogP contribution in [-0.2, 0) is 7.05 Å². The summed E-state index contributed by atoms with van der Waals surface area (Å²) >= 11 is 5.79. The van der Waals surface area contributed by atoms with Crippen molar-refractivity contribution in [1.82, 2.24) is 19.5 Å². The van der Waals surface area contributed by atoms with E-state index in [1.807, 2.05) is 47.6 Å². The molecular weight excluding hydrogens is 304 g/mol. The van der Waals surface area contributed by atoms with Gasteiger partial charge in [-0.3, -0.25) is 10.7 Å². The summed E-state index contributed by atoms with van der Waals surface area (Å²) in [5, 5.41) is 12.3. The first-order chi connectivity index (χ1) is 10.7. The molecule has 1 aromatic carbocycles. The van der Waals surface area contributed by atoms with Crippen molar-refractivity contribution < 1.29 is 5.21 Å². The molecule has 0 unspecified atom stereocenters. The zero-order chi connectivity index (χ0) is 15.5. The molecule has 0 saturated carbocycles. The fourth-order valence-corrected chi connectivity index (χ4v) is 2.19. The van der Waals surface area contributed by atoms with Crippen LogP contribution in [0, 0.1) is 0 Å². The number of aromatic nitrogens is 4. The first-order valence-corrected chi connectivity index (χ1v) is 6.82. The number of halogens is 1. The van der Waals surface area contributed by atoms with Crippen LogP contribution in [0.5, 0.6) is 0 Å². The molecule has 0 amide bonds. The van der Waals surface area contributed by atoms with Crippen molar-refractivity contribution >= 4 is 28.8 Å². The van der Waals surface area contributed by atoms with E-state index in [0.29, 0.717) is 11.5 Å². The van der Waals surface area contributed by atoms with Crippen LogP contribution in [-0.4, -0.2) is 24.7 Å². The van der Waals surface area contributed by atoms with E-state index in [9.17, 15) is 0 Å². The first-order valence-electron chi connectivity index (χ1n) is 6.45. The van der Waals surface area contributed by atoms with Crippen molar-refractivity contribution in [3.05, 3.63) is 48.1 Å². The van der Waals surface area contributed by atoms with Crippen molar-refractivity contribution in [2.45, 2.75) is 0 Å². The quantitative estimate of drug-likeness (QED) is 0.506. The lowest BCUT2D eigenvalue weighted by Gasteiger charge is -2.11. The molecule has 3 rings (SSSR count). The van der Waals surface area contributed by atoms with Crippen molar-refractivity contribution in [3.63, 3.8) is 0 Å². The molecule has 0 atom stereocenters. The number of imidazole rings is 1. The van der Waals surface area contributed by atoms with Crippen molar-refractivity contribution in [2.24, 2.45) is 7.05 Å². The molecule has 0 radical (unpaired) electrons. The van der Waals surface area contributed by atoms with Gasteiger partial charge in [0.2, 0.25) is 5.28 Å². The highest BCUT2D eigenvalue weighted by atomic mass is 35.5. The third kappa shape index (κ3) is 2.85. The van der Waals surface area contributed by atoms with Crippen molar-refractivity contribution in [3.8, 4) is 11.4 Å². The molecule has 0 saturated heterocycles. The van der Waals surface area contributed by atoms with E-state index in [4.69, 9.17) is 16.8 Å². The highest BCUT2D eigenvalue weighted by Gasteiger charge is 2.08. The summed E-state index contributed by atoms with van der Waals surface area (Å²) in [7, 11) is 1.93.